The summed E-state index contributed by atoms with van der Waals surface area (Å²) in [5, 5.41) is 0.176. The second-order valence-corrected chi connectivity index (χ2v) is 7.21. The van der Waals surface area contributed by atoms with E-state index in [0.29, 0.717) is 6.42 Å². The third-order valence-electron chi connectivity index (χ3n) is 3.39. The first-order chi connectivity index (χ1) is 7.04. The molecule has 2 saturated heterocycles. The maximum atomic E-state index is 12.0. The Balaban J connectivity index is 2.18. The molecule has 0 aromatic rings. The van der Waals surface area contributed by atoms with Crippen LogP contribution < -0.4 is 0 Å². The van der Waals surface area contributed by atoms with E-state index in [0.717, 1.165) is 25.7 Å². The zero-order valence-corrected chi connectivity index (χ0v) is 10.6. The zero-order valence-electron chi connectivity index (χ0n) is 9.02. The van der Waals surface area contributed by atoms with E-state index in [4.69, 9.17) is 11.6 Å². The van der Waals surface area contributed by atoms with Crippen LogP contribution in [0, 0.1) is 0 Å². The lowest BCUT2D eigenvalue weighted by molar-refractivity contribution is 0.251. The normalized spacial score (nSPS) is 37.1. The van der Waals surface area contributed by atoms with E-state index in [1.165, 1.54) is 0 Å². The SMILES string of the molecule is CCCS(=O)(=O)N1C2CCC1CC(Cl)C2. The molecule has 0 saturated carbocycles. The van der Waals surface area contributed by atoms with Crippen molar-refractivity contribution in [1.82, 2.24) is 4.31 Å². The van der Waals surface area contributed by atoms with Crippen molar-refractivity contribution in [3.05, 3.63) is 0 Å². The van der Waals surface area contributed by atoms with Gasteiger partial charge in [-0.3, -0.25) is 0 Å². The summed E-state index contributed by atoms with van der Waals surface area (Å²) >= 11 is 6.12. The first kappa shape index (κ1) is 11.7. The van der Waals surface area contributed by atoms with Gasteiger partial charge in [-0.15, -0.1) is 11.6 Å². The Hall–Kier alpha value is 0.200. The van der Waals surface area contributed by atoms with Crippen molar-refractivity contribution in [2.75, 3.05) is 5.75 Å². The van der Waals surface area contributed by atoms with E-state index < -0.39 is 10.0 Å². The first-order valence-electron chi connectivity index (χ1n) is 5.70. The molecule has 2 unspecified atom stereocenters. The fraction of sp³-hybridized carbons (Fsp3) is 1.00. The van der Waals surface area contributed by atoms with E-state index in [2.05, 4.69) is 0 Å². The highest BCUT2D eigenvalue weighted by atomic mass is 35.5. The van der Waals surface area contributed by atoms with Crippen LogP contribution in [0.4, 0.5) is 0 Å². The van der Waals surface area contributed by atoms with Crippen molar-refractivity contribution in [3.8, 4) is 0 Å². The molecule has 0 radical (unpaired) electrons. The van der Waals surface area contributed by atoms with Crippen LogP contribution in [0.2, 0.25) is 0 Å². The molecule has 0 amide bonds. The average Bonchev–Trinajstić information content (AvgIpc) is 2.40. The van der Waals surface area contributed by atoms with Gasteiger partial charge in [0, 0.05) is 17.5 Å². The smallest absolute Gasteiger partial charge is 0.212 e. The molecule has 88 valence electrons. The van der Waals surface area contributed by atoms with Gasteiger partial charge in [-0.05, 0) is 32.1 Å². The number of piperidine rings is 1. The topological polar surface area (TPSA) is 37.4 Å². The lowest BCUT2D eigenvalue weighted by Crippen LogP contribution is -2.47. The molecule has 2 rings (SSSR count). The zero-order chi connectivity index (χ0) is 11.1. The van der Waals surface area contributed by atoms with Gasteiger partial charge in [-0.2, -0.15) is 4.31 Å². The predicted molar refractivity (Wildman–Crippen MR) is 61.6 cm³/mol. The van der Waals surface area contributed by atoms with Crippen LogP contribution in [0.15, 0.2) is 0 Å². The van der Waals surface area contributed by atoms with Gasteiger partial charge in [0.15, 0.2) is 0 Å². The standard InChI is InChI=1S/C10H18ClNO2S/c1-2-5-15(13,14)12-9-3-4-10(12)7-8(11)6-9/h8-10H,2-7H2,1H3. The van der Waals surface area contributed by atoms with Crippen molar-refractivity contribution in [2.45, 2.75) is 56.5 Å². The molecule has 0 aromatic carbocycles. The molecule has 15 heavy (non-hydrogen) atoms. The highest BCUT2D eigenvalue weighted by molar-refractivity contribution is 7.89. The molecule has 5 heteroatoms. The fourth-order valence-electron chi connectivity index (χ4n) is 2.89. The summed E-state index contributed by atoms with van der Waals surface area (Å²) in [6.07, 6.45) is 4.36. The van der Waals surface area contributed by atoms with Crippen molar-refractivity contribution in [2.24, 2.45) is 0 Å². The van der Waals surface area contributed by atoms with Crippen LogP contribution in [0.3, 0.4) is 0 Å². The summed E-state index contributed by atoms with van der Waals surface area (Å²) in [5.74, 6) is 0.285. The molecule has 2 aliphatic heterocycles. The Bertz CT molecular complexity index is 316. The van der Waals surface area contributed by atoms with Crippen LogP contribution in [-0.4, -0.2) is 35.9 Å². The van der Waals surface area contributed by atoms with Gasteiger partial charge in [-0.1, -0.05) is 6.92 Å². The molecular weight excluding hydrogens is 234 g/mol. The fourth-order valence-corrected chi connectivity index (χ4v) is 5.31. The number of nitrogens with zero attached hydrogens (tertiary/aromatic N) is 1. The minimum atomic E-state index is -3.02. The lowest BCUT2D eigenvalue weighted by Gasteiger charge is -2.35. The summed E-state index contributed by atoms with van der Waals surface area (Å²) in [4.78, 5) is 0. The largest absolute Gasteiger partial charge is 0.214 e. The molecule has 2 aliphatic rings. The molecule has 3 nitrogen and oxygen atoms in total. The monoisotopic (exact) mass is 251 g/mol. The minimum absolute atomic E-state index is 0.176. The van der Waals surface area contributed by atoms with E-state index in [1.807, 2.05) is 6.92 Å². The Morgan fingerprint density at radius 1 is 1.27 bits per heavy atom. The van der Waals surface area contributed by atoms with Crippen molar-refractivity contribution in [3.63, 3.8) is 0 Å². The third-order valence-corrected chi connectivity index (χ3v) is 5.91. The Morgan fingerprint density at radius 3 is 2.27 bits per heavy atom. The molecule has 0 N–H and O–H groups in total. The van der Waals surface area contributed by atoms with Gasteiger partial charge >= 0.3 is 0 Å². The highest BCUT2D eigenvalue weighted by Gasteiger charge is 2.45. The van der Waals surface area contributed by atoms with E-state index in [9.17, 15) is 8.42 Å². The third kappa shape index (κ3) is 2.17. The van der Waals surface area contributed by atoms with Crippen LogP contribution in [-0.2, 0) is 10.0 Å². The maximum absolute atomic E-state index is 12.0. The summed E-state index contributed by atoms with van der Waals surface area (Å²) in [6.45, 7) is 1.91. The lowest BCUT2D eigenvalue weighted by atomic mass is 10.1. The Kier molecular flexibility index (Phi) is 3.29. The molecule has 2 bridgehead atoms. The number of rotatable bonds is 3. The van der Waals surface area contributed by atoms with Crippen molar-refractivity contribution < 1.29 is 8.42 Å². The molecule has 2 atom stereocenters. The van der Waals surface area contributed by atoms with E-state index in [1.54, 1.807) is 4.31 Å². The quantitative estimate of drug-likeness (QED) is 0.719. The first-order valence-corrected chi connectivity index (χ1v) is 7.74. The van der Waals surface area contributed by atoms with Crippen LogP contribution in [0.25, 0.3) is 0 Å². The number of hydrogen-bond donors (Lipinski definition) is 0. The summed E-state index contributed by atoms with van der Waals surface area (Å²) < 4.78 is 25.8. The molecular formula is C10H18ClNO2S. The summed E-state index contributed by atoms with van der Waals surface area (Å²) in [5.41, 5.74) is 0. The van der Waals surface area contributed by atoms with E-state index in [-0.39, 0.29) is 23.2 Å². The average molecular weight is 252 g/mol. The van der Waals surface area contributed by atoms with Crippen LogP contribution in [0.1, 0.15) is 39.0 Å². The van der Waals surface area contributed by atoms with Gasteiger partial charge in [0.2, 0.25) is 10.0 Å². The van der Waals surface area contributed by atoms with Crippen LogP contribution in [0.5, 0.6) is 0 Å². The highest BCUT2D eigenvalue weighted by Crippen LogP contribution is 2.39. The maximum Gasteiger partial charge on any atom is 0.214 e. The van der Waals surface area contributed by atoms with Crippen molar-refractivity contribution >= 4 is 21.6 Å². The predicted octanol–water partition coefficient (Wildman–Crippen LogP) is 1.96. The van der Waals surface area contributed by atoms with Gasteiger partial charge in [0.1, 0.15) is 0 Å². The second kappa shape index (κ2) is 4.22. The van der Waals surface area contributed by atoms with Gasteiger partial charge in [0.05, 0.1) is 5.75 Å². The molecule has 0 aromatic heterocycles. The summed E-state index contributed by atoms with van der Waals surface area (Å²) in [6, 6.07) is 0.366. The number of hydrogen-bond acceptors (Lipinski definition) is 2. The van der Waals surface area contributed by atoms with Crippen LogP contribution >= 0.6 is 11.6 Å². The molecule has 0 aliphatic carbocycles. The van der Waals surface area contributed by atoms with Gasteiger partial charge in [-0.25, -0.2) is 8.42 Å². The Morgan fingerprint density at radius 2 is 1.80 bits per heavy atom. The summed E-state index contributed by atoms with van der Waals surface area (Å²) in [7, 11) is -3.02. The minimum Gasteiger partial charge on any atom is -0.212 e. The Labute approximate surface area is 96.8 Å². The van der Waals surface area contributed by atoms with Crippen molar-refractivity contribution in [1.29, 1.82) is 0 Å². The second-order valence-electron chi connectivity index (χ2n) is 4.60. The van der Waals surface area contributed by atoms with E-state index >= 15 is 0 Å². The number of halogens is 1. The number of sulfonamides is 1. The molecule has 2 heterocycles. The van der Waals surface area contributed by atoms with Gasteiger partial charge in [0.25, 0.3) is 0 Å². The number of fused-ring (bicyclic) bond motifs is 2. The molecule has 0 spiro atoms. The van der Waals surface area contributed by atoms with Gasteiger partial charge < -0.3 is 0 Å². The molecule has 2 fully saturated rings. The number of alkyl halides is 1.